The maximum atomic E-state index is 12.2. The van der Waals surface area contributed by atoms with Crippen LogP contribution in [0.3, 0.4) is 0 Å². The first-order valence-corrected chi connectivity index (χ1v) is 4.23. The van der Waals surface area contributed by atoms with Crippen LogP contribution in [0.1, 0.15) is 11.1 Å². The first kappa shape index (κ1) is 11.0. The number of halogens is 3. The van der Waals surface area contributed by atoms with E-state index in [-0.39, 0.29) is 6.54 Å². The summed E-state index contributed by atoms with van der Waals surface area (Å²) in [5.74, 6) is 0. The van der Waals surface area contributed by atoms with Crippen LogP contribution in [0.4, 0.5) is 13.2 Å². The fraction of sp³-hybridized carbons (Fsp3) is 0.400. The highest BCUT2D eigenvalue weighted by atomic mass is 19.4. The Morgan fingerprint density at radius 1 is 1.29 bits per heavy atom. The minimum Gasteiger partial charge on any atom is -0.213 e. The largest absolute Gasteiger partial charge is 0.459 e. The number of hydrogen-bond acceptors (Lipinski definition) is 1. The fourth-order valence-electron chi connectivity index (χ4n) is 1.17. The molecule has 0 aromatic heterocycles. The summed E-state index contributed by atoms with van der Waals surface area (Å²) in [7, 11) is 1.04. The van der Waals surface area contributed by atoms with Crippen molar-refractivity contribution < 1.29 is 13.2 Å². The molecule has 0 saturated carbocycles. The molecule has 0 radical (unpaired) electrons. The van der Waals surface area contributed by atoms with Gasteiger partial charge in [-0.25, -0.2) is 4.90 Å². The van der Waals surface area contributed by atoms with Crippen LogP contribution < -0.4 is 0 Å². The van der Waals surface area contributed by atoms with Gasteiger partial charge in [0.25, 0.3) is 0 Å². The molecular weight excluding hydrogens is 191 g/mol. The van der Waals surface area contributed by atoms with E-state index in [9.17, 15) is 13.2 Å². The topological polar surface area (TPSA) is 3.24 Å². The van der Waals surface area contributed by atoms with Crippen molar-refractivity contribution in [2.45, 2.75) is 19.8 Å². The SMILES string of the molecule is Cc1cccc(CN(C)C(F)(F)F)c1. The maximum Gasteiger partial charge on any atom is 0.459 e. The summed E-state index contributed by atoms with van der Waals surface area (Å²) in [6.45, 7) is 1.75. The van der Waals surface area contributed by atoms with Gasteiger partial charge in [-0.05, 0) is 19.5 Å². The Labute approximate surface area is 81.1 Å². The molecule has 0 fully saturated rings. The minimum absolute atomic E-state index is 0.106. The number of hydrogen-bond donors (Lipinski definition) is 0. The summed E-state index contributed by atoms with van der Waals surface area (Å²) in [6.07, 6.45) is -4.26. The first-order valence-electron chi connectivity index (χ1n) is 4.23. The lowest BCUT2D eigenvalue weighted by atomic mass is 10.1. The van der Waals surface area contributed by atoms with E-state index in [2.05, 4.69) is 0 Å². The Bertz CT molecular complexity index is 306. The van der Waals surface area contributed by atoms with Crippen LogP contribution in [-0.4, -0.2) is 18.2 Å². The zero-order valence-electron chi connectivity index (χ0n) is 8.10. The summed E-state index contributed by atoms with van der Waals surface area (Å²) in [6, 6.07) is 7.06. The van der Waals surface area contributed by atoms with Gasteiger partial charge in [0.15, 0.2) is 0 Å². The van der Waals surface area contributed by atoms with E-state index in [4.69, 9.17) is 0 Å². The monoisotopic (exact) mass is 203 g/mol. The third-order valence-electron chi connectivity index (χ3n) is 1.94. The molecule has 4 heteroatoms. The molecule has 1 aromatic carbocycles. The van der Waals surface area contributed by atoms with Gasteiger partial charge in [-0.3, -0.25) is 0 Å². The van der Waals surface area contributed by atoms with E-state index >= 15 is 0 Å². The van der Waals surface area contributed by atoms with Gasteiger partial charge < -0.3 is 0 Å². The number of aryl methyl sites for hydroxylation is 1. The number of nitrogens with zero attached hydrogens (tertiary/aromatic N) is 1. The highest BCUT2D eigenvalue weighted by Crippen LogP contribution is 2.21. The van der Waals surface area contributed by atoms with Crippen molar-refractivity contribution in [3.8, 4) is 0 Å². The molecule has 0 bridgehead atoms. The Balaban J connectivity index is 2.70. The zero-order chi connectivity index (χ0) is 10.8. The molecule has 0 saturated heterocycles. The van der Waals surface area contributed by atoms with Crippen LogP contribution >= 0.6 is 0 Å². The third-order valence-corrected chi connectivity index (χ3v) is 1.94. The molecule has 1 nitrogen and oxygen atoms in total. The Morgan fingerprint density at radius 2 is 1.93 bits per heavy atom. The van der Waals surface area contributed by atoms with Crippen molar-refractivity contribution in [2.75, 3.05) is 7.05 Å². The van der Waals surface area contributed by atoms with Crippen molar-refractivity contribution >= 4 is 0 Å². The van der Waals surface area contributed by atoms with Gasteiger partial charge in [0.2, 0.25) is 0 Å². The highest BCUT2D eigenvalue weighted by molar-refractivity contribution is 5.21. The van der Waals surface area contributed by atoms with E-state index in [1.807, 2.05) is 13.0 Å². The Morgan fingerprint density at radius 3 is 2.43 bits per heavy atom. The molecular formula is C10H12F3N. The van der Waals surface area contributed by atoms with Crippen molar-refractivity contribution in [3.05, 3.63) is 35.4 Å². The Hall–Kier alpha value is -1.03. The van der Waals surface area contributed by atoms with Gasteiger partial charge in [0, 0.05) is 6.54 Å². The summed E-state index contributed by atoms with van der Waals surface area (Å²) in [5.41, 5.74) is 1.64. The van der Waals surface area contributed by atoms with Gasteiger partial charge in [0.1, 0.15) is 0 Å². The van der Waals surface area contributed by atoms with Crippen LogP contribution in [0.15, 0.2) is 24.3 Å². The van der Waals surface area contributed by atoms with Gasteiger partial charge in [0.05, 0.1) is 0 Å². The summed E-state index contributed by atoms with van der Waals surface area (Å²) in [5, 5.41) is 0. The molecule has 0 amide bonds. The van der Waals surface area contributed by atoms with Crippen LogP contribution in [-0.2, 0) is 6.54 Å². The number of benzene rings is 1. The van der Waals surface area contributed by atoms with E-state index in [1.165, 1.54) is 0 Å². The molecule has 0 aliphatic rings. The van der Waals surface area contributed by atoms with Gasteiger partial charge >= 0.3 is 6.30 Å². The molecule has 0 aliphatic heterocycles. The summed E-state index contributed by atoms with van der Waals surface area (Å²) >= 11 is 0. The van der Waals surface area contributed by atoms with Crippen molar-refractivity contribution in [1.82, 2.24) is 4.90 Å². The average Bonchev–Trinajstić information content (AvgIpc) is 2.02. The molecule has 0 heterocycles. The first-order chi connectivity index (χ1) is 6.39. The fourth-order valence-corrected chi connectivity index (χ4v) is 1.17. The van der Waals surface area contributed by atoms with E-state index < -0.39 is 6.30 Å². The quantitative estimate of drug-likeness (QED) is 0.668. The maximum absolute atomic E-state index is 12.2. The lowest BCUT2D eigenvalue weighted by Crippen LogP contribution is -2.33. The second-order valence-corrected chi connectivity index (χ2v) is 3.31. The van der Waals surface area contributed by atoms with E-state index in [1.54, 1.807) is 18.2 Å². The molecule has 0 unspecified atom stereocenters. The molecule has 0 N–H and O–H groups in total. The number of alkyl halides is 3. The smallest absolute Gasteiger partial charge is 0.213 e. The van der Waals surface area contributed by atoms with E-state index in [0.717, 1.165) is 12.6 Å². The molecule has 1 aromatic rings. The summed E-state index contributed by atoms with van der Waals surface area (Å²) in [4.78, 5) is 0.363. The Kier molecular flexibility index (Phi) is 3.16. The minimum atomic E-state index is -4.26. The molecule has 14 heavy (non-hydrogen) atoms. The second-order valence-electron chi connectivity index (χ2n) is 3.31. The van der Waals surface area contributed by atoms with Gasteiger partial charge in [-0.15, -0.1) is 0 Å². The molecule has 0 spiro atoms. The van der Waals surface area contributed by atoms with Crippen molar-refractivity contribution in [2.24, 2.45) is 0 Å². The molecule has 78 valence electrons. The predicted molar refractivity (Wildman–Crippen MR) is 48.7 cm³/mol. The van der Waals surface area contributed by atoms with Crippen LogP contribution in [0.25, 0.3) is 0 Å². The third kappa shape index (κ3) is 3.03. The van der Waals surface area contributed by atoms with Crippen LogP contribution in [0.2, 0.25) is 0 Å². The van der Waals surface area contributed by atoms with E-state index in [0.29, 0.717) is 10.5 Å². The van der Waals surface area contributed by atoms with Crippen LogP contribution in [0.5, 0.6) is 0 Å². The lowest BCUT2D eigenvalue weighted by molar-refractivity contribution is -0.240. The number of rotatable bonds is 2. The van der Waals surface area contributed by atoms with Crippen molar-refractivity contribution in [3.63, 3.8) is 0 Å². The van der Waals surface area contributed by atoms with Crippen molar-refractivity contribution in [1.29, 1.82) is 0 Å². The molecule has 0 aliphatic carbocycles. The standard InChI is InChI=1S/C10H12F3N/c1-8-4-3-5-9(6-8)7-14(2)10(11,12)13/h3-6H,7H2,1-2H3. The molecule has 1 rings (SSSR count). The zero-order valence-corrected chi connectivity index (χ0v) is 8.10. The normalized spacial score (nSPS) is 12.1. The second kappa shape index (κ2) is 4.00. The highest BCUT2D eigenvalue weighted by Gasteiger charge is 2.33. The summed E-state index contributed by atoms with van der Waals surface area (Å²) < 4.78 is 36.5. The van der Waals surface area contributed by atoms with Gasteiger partial charge in [-0.2, -0.15) is 13.2 Å². The predicted octanol–water partition coefficient (Wildman–Crippen LogP) is 2.95. The molecule has 0 atom stereocenters. The van der Waals surface area contributed by atoms with Crippen LogP contribution in [0, 0.1) is 6.92 Å². The average molecular weight is 203 g/mol. The lowest BCUT2D eigenvalue weighted by Gasteiger charge is -2.19. The van der Waals surface area contributed by atoms with Gasteiger partial charge in [-0.1, -0.05) is 29.8 Å².